The second-order valence-corrected chi connectivity index (χ2v) is 5.57. The quantitative estimate of drug-likeness (QED) is 0.890. The third-order valence-electron chi connectivity index (χ3n) is 2.05. The maximum absolute atomic E-state index is 5.51. The minimum atomic E-state index is 0.645. The highest BCUT2D eigenvalue weighted by atomic mass is 79.9. The molecular weight excluding hydrogens is 258 g/mol. The van der Waals surface area contributed by atoms with Gasteiger partial charge in [0.2, 0.25) is 0 Å². The molecule has 14 heavy (non-hydrogen) atoms. The average molecular weight is 274 g/mol. The molecule has 3 heteroatoms. The summed E-state index contributed by atoms with van der Waals surface area (Å²) in [7, 11) is 0. The van der Waals surface area contributed by atoms with Crippen molar-refractivity contribution in [2.75, 3.05) is 6.54 Å². The van der Waals surface area contributed by atoms with E-state index in [4.69, 9.17) is 5.73 Å². The number of thioether (sulfide) groups is 1. The number of nitrogens with two attached hydrogens (primary N) is 1. The van der Waals surface area contributed by atoms with Crippen molar-refractivity contribution >= 4 is 27.7 Å². The summed E-state index contributed by atoms with van der Waals surface area (Å²) >= 11 is 5.51. The average Bonchev–Trinajstić information content (AvgIpc) is 2.17. The first-order valence-electron chi connectivity index (χ1n) is 4.79. The second kappa shape index (κ2) is 6.49. The van der Waals surface area contributed by atoms with E-state index < -0.39 is 0 Å². The van der Waals surface area contributed by atoms with E-state index in [1.807, 2.05) is 17.8 Å². The van der Waals surface area contributed by atoms with E-state index in [-0.39, 0.29) is 0 Å². The zero-order valence-electron chi connectivity index (χ0n) is 8.37. The smallest absolute Gasteiger partial charge is 0.0215 e. The molecule has 0 saturated carbocycles. The lowest BCUT2D eigenvalue weighted by molar-refractivity contribution is 0.823. The van der Waals surface area contributed by atoms with Crippen LogP contribution in [0.4, 0.5) is 0 Å². The summed E-state index contributed by atoms with van der Waals surface area (Å²) in [5.41, 5.74) is 6.87. The van der Waals surface area contributed by atoms with E-state index in [0.29, 0.717) is 5.25 Å². The third kappa shape index (κ3) is 4.03. The van der Waals surface area contributed by atoms with Gasteiger partial charge in [0.05, 0.1) is 0 Å². The van der Waals surface area contributed by atoms with Crippen LogP contribution in [0.3, 0.4) is 0 Å². The van der Waals surface area contributed by atoms with Crippen LogP contribution >= 0.6 is 27.7 Å². The second-order valence-electron chi connectivity index (χ2n) is 3.29. The molecule has 0 amide bonds. The zero-order valence-corrected chi connectivity index (χ0v) is 10.8. The molecule has 2 N–H and O–H groups in total. The molecule has 0 aliphatic heterocycles. The first-order valence-corrected chi connectivity index (χ1v) is 6.63. The minimum absolute atomic E-state index is 0.645. The Bertz CT molecular complexity index is 278. The van der Waals surface area contributed by atoms with Crippen LogP contribution in [0.25, 0.3) is 0 Å². The summed E-state index contributed by atoms with van der Waals surface area (Å²) in [6, 6.07) is 8.37. The summed E-state index contributed by atoms with van der Waals surface area (Å²) in [5.74, 6) is 1.06. The van der Waals surface area contributed by atoms with Crippen molar-refractivity contribution in [1.29, 1.82) is 0 Å². The van der Waals surface area contributed by atoms with Gasteiger partial charge in [-0.1, -0.05) is 41.1 Å². The predicted molar refractivity (Wildman–Crippen MR) is 68.6 cm³/mol. The summed E-state index contributed by atoms with van der Waals surface area (Å²) < 4.78 is 1.20. The maximum Gasteiger partial charge on any atom is 0.0215 e. The molecule has 0 bridgehead atoms. The molecular formula is C11H16BrNS. The van der Waals surface area contributed by atoms with Crippen LogP contribution in [-0.2, 0) is 5.75 Å². The van der Waals surface area contributed by atoms with E-state index in [9.17, 15) is 0 Å². The molecule has 0 fully saturated rings. The lowest BCUT2D eigenvalue weighted by Crippen LogP contribution is -2.07. The molecule has 0 aliphatic carbocycles. The first kappa shape index (κ1) is 12.1. The Kier molecular flexibility index (Phi) is 5.60. The fourth-order valence-corrected chi connectivity index (χ4v) is 2.79. The Morgan fingerprint density at radius 3 is 2.79 bits per heavy atom. The molecule has 1 aromatic rings. The number of hydrogen-bond acceptors (Lipinski definition) is 2. The van der Waals surface area contributed by atoms with Gasteiger partial charge < -0.3 is 5.73 Å². The monoisotopic (exact) mass is 273 g/mol. The molecule has 0 spiro atoms. The standard InChI is InChI=1S/C11H16BrNS/c1-9(6-7-13)14-8-10-4-2-3-5-11(10)12/h2-5,9H,6-8,13H2,1H3. The van der Waals surface area contributed by atoms with Crippen molar-refractivity contribution in [3.05, 3.63) is 34.3 Å². The minimum Gasteiger partial charge on any atom is -0.330 e. The highest BCUT2D eigenvalue weighted by Gasteiger charge is 2.03. The highest BCUT2D eigenvalue weighted by molar-refractivity contribution is 9.10. The molecule has 1 nitrogen and oxygen atoms in total. The summed E-state index contributed by atoms with van der Waals surface area (Å²) in [4.78, 5) is 0. The SMILES string of the molecule is CC(CCN)SCc1ccccc1Br. The Hall–Kier alpha value is 0.01000. The van der Waals surface area contributed by atoms with Gasteiger partial charge in [0.25, 0.3) is 0 Å². The highest BCUT2D eigenvalue weighted by Crippen LogP contribution is 2.24. The molecule has 0 saturated heterocycles. The zero-order chi connectivity index (χ0) is 10.4. The van der Waals surface area contributed by atoms with Gasteiger partial charge >= 0.3 is 0 Å². The number of rotatable bonds is 5. The Morgan fingerprint density at radius 2 is 2.14 bits per heavy atom. The molecule has 0 aromatic heterocycles. The Balaban J connectivity index is 2.41. The molecule has 0 radical (unpaired) electrons. The van der Waals surface area contributed by atoms with Crippen molar-refractivity contribution in [2.24, 2.45) is 5.73 Å². The lowest BCUT2D eigenvalue weighted by Gasteiger charge is -2.10. The lowest BCUT2D eigenvalue weighted by atomic mass is 10.2. The van der Waals surface area contributed by atoms with Crippen LogP contribution < -0.4 is 5.73 Å². The Labute approximate surface area is 98.6 Å². The molecule has 1 unspecified atom stereocenters. The van der Waals surface area contributed by atoms with Crippen LogP contribution in [0, 0.1) is 0 Å². The maximum atomic E-state index is 5.51. The Morgan fingerprint density at radius 1 is 1.43 bits per heavy atom. The van der Waals surface area contributed by atoms with Gasteiger partial charge in [-0.2, -0.15) is 11.8 Å². The number of hydrogen-bond donors (Lipinski definition) is 1. The first-order chi connectivity index (χ1) is 6.74. The number of halogens is 1. The van der Waals surface area contributed by atoms with E-state index >= 15 is 0 Å². The van der Waals surface area contributed by atoms with Crippen LogP contribution in [0.5, 0.6) is 0 Å². The van der Waals surface area contributed by atoms with Crippen molar-refractivity contribution in [2.45, 2.75) is 24.3 Å². The summed E-state index contributed by atoms with van der Waals surface area (Å²) in [6.07, 6.45) is 1.09. The summed E-state index contributed by atoms with van der Waals surface area (Å²) in [5, 5.41) is 0.645. The van der Waals surface area contributed by atoms with Crippen LogP contribution in [0.1, 0.15) is 18.9 Å². The topological polar surface area (TPSA) is 26.0 Å². The third-order valence-corrected chi connectivity index (χ3v) is 4.11. The van der Waals surface area contributed by atoms with Gasteiger partial charge in [0, 0.05) is 15.5 Å². The fraction of sp³-hybridized carbons (Fsp3) is 0.455. The van der Waals surface area contributed by atoms with Gasteiger partial charge in [-0.15, -0.1) is 0 Å². The van der Waals surface area contributed by atoms with E-state index in [0.717, 1.165) is 18.7 Å². The van der Waals surface area contributed by atoms with Gasteiger partial charge in [0.15, 0.2) is 0 Å². The van der Waals surface area contributed by atoms with Crippen molar-refractivity contribution in [3.63, 3.8) is 0 Å². The van der Waals surface area contributed by atoms with Gasteiger partial charge in [-0.05, 0) is 24.6 Å². The fourth-order valence-electron chi connectivity index (χ4n) is 1.17. The van der Waals surface area contributed by atoms with E-state index in [2.05, 4.69) is 41.1 Å². The van der Waals surface area contributed by atoms with E-state index in [1.165, 1.54) is 10.0 Å². The predicted octanol–water partition coefficient (Wildman–Crippen LogP) is 3.42. The van der Waals surface area contributed by atoms with Crippen LogP contribution in [0.2, 0.25) is 0 Å². The summed E-state index contributed by atoms with van der Waals surface area (Å²) in [6.45, 7) is 3.01. The molecule has 78 valence electrons. The number of benzene rings is 1. The van der Waals surface area contributed by atoms with Gasteiger partial charge in [-0.3, -0.25) is 0 Å². The van der Waals surface area contributed by atoms with Gasteiger partial charge in [-0.25, -0.2) is 0 Å². The van der Waals surface area contributed by atoms with Crippen molar-refractivity contribution < 1.29 is 0 Å². The van der Waals surface area contributed by atoms with Crippen molar-refractivity contribution in [3.8, 4) is 0 Å². The normalized spacial score (nSPS) is 12.8. The van der Waals surface area contributed by atoms with Crippen molar-refractivity contribution in [1.82, 2.24) is 0 Å². The molecule has 1 aromatic carbocycles. The van der Waals surface area contributed by atoms with Crippen LogP contribution in [-0.4, -0.2) is 11.8 Å². The molecule has 0 aliphatic rings. The van der Waals surface area contributed by atoms with E-state index in [1.54, 1.807) is 0 Å². The van der Waals surface area contributed by atoms with Gasteiger partial charge in [0.1, 0.15) is 0 Å². The molecule has 1 rings (SSSR count). The van der Waals surface area contributed by atoms with Crippen LogP contribution in [0.15, 0.2) is 28.7 Å². The molecule has 1 atom stereocenters. The largest absolute Gasteiger partial charge is 0.330 e. The molecule has 0 heterocycles.